The van der Waals surface area contributed by atoms with Crippen molar-refractivity contribution >= 4 is 11.8 Å². The normalized spacial score (nSPS) is 18.4. The van der Waals surface area contributed by atoms with Gasteiger partial charge in [0.1, 0.15) is 11.4 Å². The Labute approximate surface area is 87.8 Å². The van der Waals surface area contributed by atoms with Crippen LogP contribution in [0.25, 0.3) is 0 Å². The van der Waals surface area contributed by atoms with Crippen LogP contribution in [0.4, 0.5) is 0 Å². The zero-order valence-electron chi connectivity index (χ0n) is 8.54. The van der Waals surface area contributed by atoms with Crippen LogP contribution in [0.1, 0.15) is 24.2 Å². The summed E-state index contributed by atoms with van der Waals surface area (Å²) in [5.74, 6) is 0. The van der Waals surface area contributed by atoms with Crippen LogP contribution in [0.3, 0.4) is 0 Å². The summed E-state index contributed by atoms with van der Waals surface area (Å²) >= 11 is 1.96. The number of aryl methyl sites for hydroxylation is 1. The zero-order chi connectivity index (χ0) is 10.0. The van der Waals surface area contributed by atoms with E-state index in [-0.39, 0.29) is 0 Å². The molecule has 4 nitrogen and oxygen atoms in total. The maximum absolute atomic E-state index is 4.62. The minimum Gasteiger partial charge on any atom is -0.310 e. The summed E-state index contributed by atoms with van der Waals surface area (Å²) in [6, 6.07) is 0. The van der Waals surface area contributed by atoms with Crippen molar-refractivity contribution in [1.82, 2.24) is 15.6 Å². The highest BCUT2D eigenvalue weighted by Gasteiger charge is 2.41. The van der Waals surface area contributed by atoms with Crippen LogP contribution in [0.2, 0.25) is 0 Å². The second-order valence-electron chi connectivity index (χ2n) is 3.79. The van der Waals surface area contributed by atoms with E-state index in [0.717, 1.165) is 24.5 Å². The fourth-order valence-corrected chi connectivity index (χ4v) is 2.17. The van der Waals surface area contributed by atoms with Gasteiger partial charge in [-0.2, -0.15) is 11.8 Å². The van der Waals surface area contributed by atoms with Gasteiger partial charge >= 0.3 is 0 Å². The fraction of sp³-hybridized carbons (Fsp3) is 0.778. The molecule has 1 aromatic heterocycles. The Morgan fingerprint density at radius 3 is 2.79 bits per heavy atom. The van der Waals surface area contributed by atoms with Gasteiger partial charge in [0.2, 0.25) is 0 Å². The van der Waals surface area contributed by atoms with Crippen molar-refractivity contribution < 1.29 is 4.63 Å². The van der Waals surface area contributed by atoms with Gasteiger partial charge in [0.15, 0.2) is 0 Å². The average molecular weight is 213 g/mol. The molecule has 0 unspecified atom stereocenters. The van der Waals surface area contributed by atoms with Gasteiger partial charge in [0.05, 0.1) is 0 Å². The molecule has 0 atom stereocenters. The Morgan fingerprint density at radius 1 is 1.50 bits per heavy atom. The molecule has 1 aliphatic carbocycles. The zero-order valence-corrected chi connectivity index (χ0v) is 9.36. The topological polar surface area (TPSA) is 51.0 Å². The lowest BCUT2D eigenvalue weighted by Gasteiger charge is -2.11. The van der Waals surface area contributed by atoms with Crippen LogP contribution in [0.5, 0.6) is 0 Å². The van der Waals surface area contributed by atoms with Crippen LogP contribution in [0.15, 0.2) is 4.63 Å². The van der Waals surface area contributed by atoms with Crippen LogP contribution >= 0.6 is 11.8 Å². The number of nitrogens with one attached hydrogen (secondary N) is 1. The Kier molecular flexibility index (Phi) is 2.78. The lowest BCUT2D eigenvalue weighted by molar-refractivity contribution is 0.300. The molecule has 1 aliphatic rings. The molecule has 14 heavy (non-hydrogen) atoms. The largest absolute Gasteiger partial charge is 0.310 e. The molecule has 0 spiro atoms. The van der Waals surface area contributed by atoms with Gasteiger partial charge in [-0.1, -0.05) is 10.3 Å². The molecule has 1 fully saturated rings. The van der Waals surface area contributed by atoms with E-state index >= 15 is 0 Å². The minimum atomic E-state index is 0.505. The van der Waals surface area contributed by atoms with Crippen LogP contribution in [-0.4, -0.2) is 27.9 Å². The van der Waals surface area contributed by atoms with Gasteiger partial charge in [-0.25, -0.2) is 4.63 Å². The Morgan fingerprint density at radius 2 is 2.29 bits per heavy atom. The predicted molar refractivity (Wildman–Crippen MR) is 56.2 cm³/mol. The molecule has 1 heterocycles. The van der Waals surface area contributed by atoms with E-state index in [0.29, 0.717) is 4.75 Å². The third-order valence-corrected chi connectivity index (χ3v) is 4.15. The van der Waals surface area contributed by atoms with Gasteiger partial charge in [-0.15, -0.1) is 0 Å². The first-order valence-corrected chi connectivity index (χ1v) is 6.02. The first kappa shape index (κ1) is 9.98. The molecule has 0 radical (unpaired) electrons. The molecule has 78 valence electrons. The van der Waals surface area contributed by atoms with Crippen molar-refractivity contribution in [3.63, 3.8) is 0 Å². The van der Waals surface area contributed by atoms with E-state index < -0.39 is 0 Å². The number of thioether (sulfide) groups is 1. The molecule has 0 aromatic carbocycles. The highest BCUT2D eigenvalue weighted by Crippen LogP contribution is 2.46. The second kappa shape index (κ2) is 3.90. The molecule has 1 saturated carbocycles. The molecule has 0 saturated heterocycles. The van der Waals surface area contributed by atoms with E-state index in [1.165, 1.54) is 12.8 Å². The molecule has 0 amide bonds. The van der Waals surface area contributed by atoms with E-state index in [2.05, 4.69) is 26.5 Å². The van der Waals surface area contributed by atoms with Crippen LogP contribution in [0, 0.1) is 6.92 Å². The molecule has 0 aliphatic heterocycles. The number of rotatable bonds is 5. The number of aromatic nitrogens is 2. The van der Waals surface area contributed by atoms with E-state index in [9.17, 15) is 0 Å². The summed E-state index contributed by atoms with van der Waals surface area (Å²) in [4.78, 5) is 0. The summed E-state index contributed by atoms with van der Waals surface area (Å²) in [5.41, 5.74) is 1.80. The second-order valence-corrected chi connectivity index (χ2v) is 5.06. The maximum Gasteiger partial charge on any atom is 0.121 e. The Balaban J connectivity index is 1.76. The number of nitrogens with zero attached hydrogens (tertiary/aromatic N) is 2. The number of hydrogen-bond donors (Lipinski definition) is 1. The van der Waals surface area contributed by atoms with Crippen molar-refractivity contribution in [2.45, 2.75) is 31.1 Å². The number of hydrogen-bond acceptors (Lipinski definition) is 5. The lowest BCUT2D eigenvalue weighted by atomic mass is 10.3. The highest BCUT2D eigenvalue weighted by atomic mass is 32.2. The standard InChI is InChI=1S/C9H15N3OS/c1-7-8(12-13-11-7)5-10-6-9(14-2)3-4-9/h10H,3-6H2,1-2H3. The van der Waals surface area contributed by atoms with Crippen molar-refractivity contribution in [1.29, 1.82) is 0 Å². The SMILES string of the molecule is CSC1(CNCc2nonc2C)CC1. The third-order valence-electron chi connectivity index (χ3n) is 2.73. The monoisotopic (exact) mass is 213 g/mol. The first-order valence-electron chi connectivity index (χ1n) is 4.80. The summed E-state index contributed by atoms with van der Waals surface area (Å²) < 4.78 is 5.13. The summed E-state index contributed by atoms with van der Waals surface area (Å²) in [5, 5.41) is 11.0. The highest BCUT2D eigenvalue weighted by molar-refractivity contribution is 8.00. The van der Waals surface area contributed by atoms with Crippen molar-refractivity contribution in [3.05, 3.63) is 11.4 Å². The fourth-order valence-electron chi connectivity index (χ4n) is 1.41. The van der Waals surface area contributed by atoms with Gasteiger partial charge < -0.3 is 5.32 Å². The summed E-state index contributed by atoms with van der Waals surface area (Å²) in [6.07, 6.45) is 4.84. The average Bonchev–Trinajstić information content (AvgIpc) is 2.86. The third kappa shape index (κ3) is 2.09. The van der Waals surface area contributed by atoms with Gasteiger partial charge in [0.25, 0.3) is 0 Å². The van der Waals surface area contributed by atoms with E-state index in [4.69, 9.17) is 0 Å². The van der Waals surface area contributed by atoms with Crippen LogP contribution in [-0.2, 0) is 6.54 Å². The van der Waals surface area contributed by atoms with Gasteiger partial charge in [-0.05, 0) is 26.0 Å². The lowest BCUT2D eigenvalue weighted by Crippen LogP contribution is -2.25. The molecule has 5 heteroatoms. The molecule has 2 rings (SSSR count). The maximum atomic E-state index is 4.62. The van der Waals surface area contributed by atoms with Crippen molar-refractivity contribution in [2.75, 3.05) is 12.8 Å². The van der Waals surface area contributed by atoms with E-state index in [1.807, 2.05) is 18.7 Å². The molecular formula is C9H15N3OS. The van der Waals surface area contributed by atoms with Gasteiger partial charge in [-0.3, -0.25) is 0 Å². The molecule has 0 bridgehead atoms. The quantitative estimate of drug-likeness (QED) is 0.800. The van der Waals surface area contributed by atoms with Crippen LogP contribution < -0.4 is 5.32 Å². The predicted octanol–water partition coefficient (Wildman–Crippen LogP) is 1.36. The molecular weight excluding hydrogens is 198 g/mol. The smallest absolute Gasteiger partial charge is 0.121 e. The van der Waals surface area contributed by atoms with Crippen molar-refractivity contribution in [3.8, 4) is 0 Å². The summed E-state index contributed by atoms with van der Waals surface area (Å²) in [7, 11) is 0. The Bertz CT molecular complexity index is 309. The van der Waals surface area contributed by atoms with Gasteiger partial charge in [0, 0.05) is 17.8 Å². The Hall–Kier alpha value is -0.550. The van der Waals surface area contributed by atoms with Crippen molar-refractivity contribution in [2.24, 2.45) is 0 Å². The van der Waals surface area contributed by atoms with E-state index in [1.54, 1.807) is 0 Å². The molecule has 1 N–H and O–H groups in total. The first-order chi connectivity index (χ1) is 6.76. The molecule has 1 aromatic rings. The minimum absolute atomic E-state index is 0.505. The summed E-state index contributed by atoms with van der Waals surface area (Å²) in [6.45, 7) is 3.73.